The van der Waals surface area contributed by atoms with Gasteiger partial charge in [-0.25, -0.2) is 9.50 Å². The number of nitrogens with one attached hydrogen (secondary N) is 1. The van der Waals surface area contributed by atoms with Crippen LogP contribution in [0.5, 0.6) is 0 Å². The van der Waals surface area contributed by atoms with Gasteiger partial charge in [0.05, 0.1) is 22.8 Å². The highest BCUT2D eigenvalue weighted by atomic mass is 16.2. The molecule has 6 rings (SSSR count). The maximum absolute atomic E-state index is 14.3. The fraction of sp³-hybridized carbons (Fsp3) is 0.182. The summed E-state index contributed by atoms with van der Waals surface area (Å²) in [6.45, 7) is 7.67. The number of hydrogen-bond acceptors (Lipinski definition) is 5. The Balaban J connectivity index is 1.47. The number of pyridine rings is 1. The number of aryl methyl sites for hydroxylation is 3. The van der Waals surface area contributed by atoms with Crippen LogP contribution in [0, 0.1) is 20.8 Å². The first kappa shape index (κ1) is 26.9. The second-order valence-electron chi connectivity index (χ2n) is 10.4. The van der Waals surface area contributed by atoms with Crippen LogP contribution in [0.25, 0.3) is 34.3 Å². The van der Waals surface area contributed by atoms with Crippen molar-refractivity contribution in [2.45, 2.75) is 33.7 Å². The Kier molecular flexibility index (Phi) is 6.78. The van der Waals surface area contributed by atoms with Crippen LogP contribution < -0.4 is 10.9 Å². The molecule has 0 fully saturated rings. The lowest BCUT2D eigenvalue weighted by Gasteiger charge is -2.21. The summed E-state index contributed by atoms with van der Waals surface area (Å²) in [7, 11) is 1.92. The maximum Gasteiger partial charge on any atom is 0.263 e. The summed E-state index contributed by atoms with van der Waals surface area (Å²) in [6.07, 6.45) is 7.38. The van der Waals surface area contributed by atoms with Crippen LogP contribution in [0.1, 0.15) is 57.2 Å². The van der Waals surface area contributed by atoms with Crippen molar-refractivity contribution in [2.24, 2.45) is 7.05 Å². The van der Waals surface area contributed by atoms with Gasteiger partial charge in [-0.2, -0.15) is 10.2 Å². The average molecular weight is 558 g/mol. The minimum absolute atomic E-state index is 0.163. The van der Waals surface area contributed by atoms with Crippen molar-refractivity contribution < 1.29 is 4.79 Å². The molecule has 1 amide bonds. The standard InChI is InChI=1S/C33H31N7O2/c1-20-27(23(4)38(5)36-20)16-15-24-11-9-12-25-19-28(40(33(42)30(24)25)26-13-7-6-8-14-26)21(2)35-32(41)29-22(3)37-39-18-10-17-34-31(29)39/h6-19,21H,1-5H3,(H,35,41)/b16-15+/t21-/m0/s1. The predicted molar refractivity (Wildman–Crippen MR) is 165 cm³/mol. The first-order chi connectivity index (χ1) is 20.2. The first-order valence-corrected chi connectivity index (χ1v) is 13.8. The molecule has 4 heterocycles. The SMILES string of the molecule is Cc1nn(C)c(C)c1/C=C/c1cccc2cc([C@H](C)NC(=O)c3c(C)nn4cccnc34)n(-c3ccccc3)c(=O)c12. The number of para-hydroxylation sites is 1. The van der Waals surface area contributed by atoms with Gasteiger partial charge in [-0.3, -0.25) is 18.8 Å². The molecular weight excluding hydrogens is 526 g/mol. The monoisotopic (exact) mass is 557 g/mol. The largest absolute Gasteiger partial charge is 0.344 e. The molecule has 0 aliphatic rings. The van der Waals surface area contributed by atoms with Gasteiger partial charge in [0, 0.05) is 42.1 Å². The Morgan fingerprint density at radius 3 is 2.48 bits per heavy atom. The van der Waals surface area contributed by atoms with Crippen LogP contribution in [-0.2, 0) is 7.05 Å². The zero-order valence-corrected chi connectivity index (χ0v) is 24.2. The molecule has 0 saturated carbocycles. The molecular formula is C33H31N7O2. The second kappa shape index (κ2) is 10.6. The lowest BCUT2D eigenvalue weighted by Crippen LogP contribution is -2.32. The number of amides is 1. The Morgan fingerprint density at radius 2 is 1.74 bits per heavy atom. The average Bonchev–Trinajstić information content (AvgIpc) is 3.44. The normalized spacial score (nSPS) is 12.4. The van der Waals surface area contributed by atoms with Crippen molar-refractivity contribution in [1.82, 2.24) is 34.3 Å². The number of carbonyl (C=O) groups excluding carboxylic acids is 1. The third-order valence-corrected chi connectivity index (χ3v) is 7.71. The number of fused-ring (bicyclic) bond motifs is 2. The van der Waals surface area contributed by atoms with E-state index in [0.29, 0.717) is 33.7 Å². The number of hydrogen-bond donors (Lipinski definition) is 1. The predicted octanol–water partition coefficient (Wildman–Crippen LogP) is 5.35. The van der Waals surface area contributed by atoms with E-state index in [1.165, 1.54) is 0 Å². The van der Waals surface area contributed by atoms with E-state index in [4.69, 9.17) is 0 Å². The van der Waals surface area contributed by atoms with Gasteiger partial charge in [0.15, 0.2) is 5.65 Å². The number of rotatable bonds is 6. The molecule has 0 aliphatic heterocycles. The maximum atomic E-state index is 14.3. The number of benzene rings is 2. The summed E-state index contributed by atoms with van der Waals surface area (Å²) in [5, 5.41) is 13.4. The van der Waals surface area contributed by atoms with Gasteiger partial charge in [-0.05, 0) is 62.9 Å². The molecule has 0 spiro atoms. The van der Waals surface area contributed by atoms with Gasteiger partial charge < -0.3 is 5.32 Å². The fourth-order valence-electron chi connectivity index (χ4n) is 5.52. The Morgan fingerprint density at radius 1 is 0.952 bits per heavy atom. The van der Waals surface area contributed by atoms with Gasteiger partial charge in [0.25, 0.3) is 11.5 Å². The smallest absolute Gasteiger partial charge is 0.263 e. The summed E-state index contributed by atoms with van der Waals surface area (Å²) in [4.78, 5) is 32.2. The van der Waals surface area contributed by atoms with Crippen molar-refractivity contribution in [3.05, 3.63) is 123 Å². The first-order valence-electron chi connectivity index (χ1n) is 13.8. The summed E-state index contributed by atoms with van der Waals surface area (Å²) in [5.41, 5.74) is 6.49. The molecule has 0 saturated heterocycles. The van der Waals surface area contributed by atoms with E-state index in [1.807, 2.05) is 99.3 Å². The van der Waals surface area contributed by atoms with E-state index >= 15 is 0 Å². The third-order valence-electron chi connectivity index (χ3n) is 7.71. The molecule has 210 valence electrons. The molecule has 0 radical (unpaired) electrons. The third kappa shape index (κ3) is 4.58. The summed E-state index contributed by atoms with van der Waals surface area (Å²) in [6, 6.07) is 18.5. The second-order valence-corrected chi connectivity index (χ2v) is 10.4. The molecule has 9 nitrogen and oxygen atoms in total. The van der Waals surface area contributed by atoms with E-state index < -0.39 is 6.04 Å². The number of nitrogens with zero attached hydrogens (tertiary/aromatic N) is 6. The van der Waals surface area contributed by atoms with Crippen LogP contribution in [-0.4, -0.2) is 34.9 Å². The summed E-state index contributed by atoms with van der Waals surface area (Å²) < 4.78 is 5.13. The zero-order chi connectivity index (χ0) is 29.5. The van der Waals surface area contributed by atoms with Crippen molar-refractivity contribution in [3.8, 4) is 5.69 Å². The molecule has 4 aromatic heterocycles. The van der Waals surface area contributed by atoms with E-state index in [1.54, 1.807) is 34.5 Å². The Labute approximate surface area is 242 Å². The molecule has 2 aromatic carbocycles. The highest BCUT2D eigenvalue weighted by Crippen LogP contribution is 2.26. The van der Waals surface area contributed by atoms with Crippen molar-refractivity contribution >= 4 is 34.5 Å². The highest BCUT2D eigenvalue weighted by Gasteiger charge is 2.23. The Hall–Kier alpha value is -5.31. The molecule has 0 bridgehead atoms. The molecule has 0 aliphatic carbocycles. The van der Waals surface area contributed by atoms with Gasteiger partial charge in [0.1, 0.15) is 5.56 Å². The summed E-state index contributed by atoms with van der Waals surface area (Å²) >= 11 is 0. The molecule has 6 aromatic rings. The number of aromatic nitrogens is 6. The van der Waals surface area contributed by atoms with Crippen LogP contribution in [0.3, 0.4) is 0 Å². The van der Waals surface area contributed by atoms with Crippen LogP contribution >= 0.6 is 0 Å². The van der Waals surface area contributed by atoms with Crippen molar-refractivity contribution in [2.75, 3.05) is 0 Å². The number of carbonyl (C=O) groups is 1. The quantitative estimate of drug-likeness (QED) is 0.298. The zero-order valence-electron chi connectivity index (χ0n) is 24.2. The fourth-order valence-corrected chi connectivity index (χ4v) is 5.52. The van der Waals surface area contributed by atoms with Crippen molar-refractivity contribution in [3.63, 3.8) is 0 Å². The topological polar surface area (TPSA) is 99.1 Å². The van der Waals surface area contributed by atoms with Gasteiger partial charge in [-0.1, -0.05) is 48.6 Å². The Bertz CT molecular complexity index is 2070. The minimum Gasteiger partial charge on any atom is -0.344 e. The molecule has 1 N–H and O–H groups in total. The molecule has 42 heavy (non-hydrogen) atoms. The van der Waals surface area contributed by atoms with Crippen molar-refractivity contribution in [1.29, 1.82) is 0 Å². The van der Waals surface area contributed by atoms with E-state index in [-0.39, 0.29) is 11.5 Å². The minimum atomic E-state index is -0.507. The van der Waals surface area contributed by atoms with Gasteiger partial charge in [0.2, 0.25) is 0 Å². The van der Waals surface area contributed by atoms with Gasteiger partial charge >= 0.3 is 0 Å². The molecule has 0 unspecified atom stereocenters. The van der Waals surface area contributed by atoms with E-state index in [2.05, 4.69) is 20.5 Å². The van der Waals surface area contributed by atoms with E-state index in [9.17, 15) is 9.59 Å². The summed E-state index contributed by atoms with van der Waals surface area (Å²) in [5.74, 6) is -0.306. The lowest BCUT2D eigenvalue weighted by molar-refractivity contribution is 0.0939. The molecule has 9 heteroatoms. The van der Waals surface area contributed by atoms with Crippen LogP contribution in [0.15, 0.2) is 77.9 Å². The van der Waals surface area contributed by atoms with E-state index in [0.717, 1.165) is 27.9 Å². The van der Waals surface area contributed by atoms with Crippen LogP contribution in [0.4, 0.5) is 0 Å². The lowest BCUT2D eigenvalue weighted by atomic mass is 10.0. The highest BCUT2D eigenvalue weighted by molar-refractivity contribution is 6.01. The van der Waals surface area contributed by atoms with Gasteiger partial charge in [-0.15, -0.1) is 0 Å². The molecule has 1 atom stereocenters. The van der Waals surface area contributed by atoms with Crippen LogP contribution in [0.2, 0.25) is 0 Å².